The van der Waals surface area contributed by atoms with E-state index in [4.69, 9.17) is 0 Å². The third kappa shape index (κ3) is 3.68. The SMILES string of the molecule is Cc1cccc(C(=O)NCC(=O)N2CCc3sccc3[C@H]2c2cccs2)c1. The van der Waals surface area contributed by atoms with Crippen LogP contribution in [0.1, 0.15) is 37.3 Å². The summed E-state index contributed by atoms with van der Waals surface area (Å²) >= 11 is 3.42. The first kappa shape index (κ1) is 17.9. The Morgan fingerprint density at radius 3 is 2.81 bits per heavy atom. The number of hydrogen-bond donors (Lipinski definition) is 1. The van der Waals surface area contributed by atoms with Gasteiger partial charge in [-0.3, -0.25) is 9.59 Å². The largest absolute Gasteiger partial charge is 0.343 e. The van der Waals surface area contributed by atoms with Crippen molar-refractivity contribution < 1.29 is 9.59 Å². The van der Waals surface area contributed by atoms with Crippen molar-refractivity contribution in [3.8, 4) is 0 Å². The minimum Gasteiger partial charge on any atom is -0.343 e. The fraction of sp³-hybridized carbons (Fsp3) is 0.238. The second-order valence-corrected chi connectivity index (χ2v) is 8.59. The summed E-state index contributed by atoms with van der Waals surface area (Å²) in [5.74, 6) is -0.265. The fourth-order valence-electron chi connectivity index (χ4n) is 3.48. The lowest BCUT2D eigenvalue weighted by Crippen LogP contribution is -2.45. The molecule has 0 spiro atoms. The predicted molar refractivity (Wildman–Crippen MR) is 109 cm³/mol. The predicted octanol–water partition coefficient (Wildman–Crippen LogP) is 4.02. The highest BCUT2D eigenvalue weighted by Crippen LogP contribution is 2.39. The minimum absolute atomic E-state index is 0.00806. The average molecular weight is 397 g/mol. The first-order chi connectivity index (χ1) is 13.1. The van der Waals surface area contributed by atoms with Crippen molar-refractivity contribution >= 4 is 34.5 Å². The summed E-state index contributed by atoms with van der Waals surface area (Å²) in [5.41, 5.74) is 2.82. The van der Waals surface area contributed by atoms with Gasteiger partial charge in [-0.15, -0.1) is 22.7 Å². The van der Waals surface area contributed by atoms with Gasteiger partial charge >= 0.3 is 0 Å². The standard InChI is InChI=1S/C21H20N2O2S2/c1-14-4-2-5-15(12-14)21(25)22-13-19(24)23-9-7-17-16(8-11-27-17)20(23)18-6-3-10-26-18/h2-6,8,10-12,20H,7,9,13H2,1H3,(H,22,25)/t20-/m0/s1. The molecule has 1 aliphatic heterocycles. The van der Waals surface area contributed by atoms with E-state index in [-0.39, 0.29) is 24.4 Å². The molecule has 1 aromatic carbocycles. The lowest BCUT2D eigenvalue weighted by Gasteiger charge is -2.35. The van der Waals surface area contributed by atoms with Crippen molar-refractivity contribution in [2.75, 3.05) is 13.1 Å². The molecule has 1 atom stereocenters. The van der Waals surface area contributed by atoms with Crippen molar-refractivity contribution in [1.29, 1.82) is 0 Å². The summed E-state index contributed by atoms with van der Waals surface area (Å²) in [4.78, 5) is 29.7. The molecule has 0 unspecified atom stereocenters. The average Bonchev–Trinajstić information content (AvgIpc) is 3.36. The Kier molecular flexibility index (Phi) is 5.09. The van der Waals surface area contributed by atoms with E-state index in [2.05, 4.69) is 22.8 Å². The molecular weight excluding hydrogens is 376 g/mol. The molecule has 0 radical (unpaired) electrons. The van der Waals surface area contributed by atoms with E-state index in [1.807, 2.05) is 41.5 Å². The van der Waals surface area contributed by atoms with E-state index in [0.717, 1.165) is 16.9 Å². The van der Waals surface area contributed by atoms with E-state index in [9.17, 15) is 9.59 Å². The van der Waals surface area contributed by atoms with Gasteiger partial charge in [0.25, 0.3) is 5.91 Å². The molecule has 3 aromatic rings. The highest BCUT2D eigenvalue weighted by Gasteiger charge is 2.33. The Morgan fingerprint density at radius 1 is 1.15 bits per heavy atom. The molecular formula is C21H20N2O2S2. The molecule has 1 aliphatic rings. The van der Waals surface area contributed by atoms with Gasteiger partial charge in [-0.2, -0.15) is 0 Å². The van der Waals surface area contributed by atoms with E-state index >= 15 is 0 Å². The van der Waals surface area contributed by atoms with Crippen LogP contribution in [0.2, 0.25) is 0 Å². The number of carbonyl (C=O) groups excluding carboxylic acids is 2. The number of carbonyl (C=O) groups is 2. The molecule has 27 heavy (non-hydrogen) atoms. The molecule has 1 N–H and O–H groups in total. The van der Waals surface area contributed by atoms with Crippen LogP contribution in [0.15, 0.2) is 53.2 Å². The topological polar surface area (TPSA) is 49.4 Å². The molecule has 0 fully saturated rings. The monoisotopic (exact) mass is 396 g/mol. The van der Waals surface area contributed by atoms with Crippen LogP contribution >= 0.6 is 22.7 Å². The summed E-state index contributed by atoms with van der Waals surface area (Å²) in [6, 6.07) is 13.5. The van der Waals surface area contributed by atoms with Crippen molar-refractivity contribution in [2.24, 2.45) is 0 Å². The highest BCUT2D eigenvalue weighted by atomic mass is 32.1. The molecule has 0 saturated carbocycles. The lowest BCUT2D eigenvalue weighted by molar-refractivity contribution is -0.132. The maximum atomic E-state index is 13.0. The number of nitrogens with zero attached hydrogens (tertiary/aromatic N) is 1. The molecule has 0 aliphatic carbocycles. The molecule has 138 valence electrons. The lowest BCUT2D eigenvalue weighted by atomic mass is 9.98. The van der Waals surface area contributed by atoms with Gasteiger partial charge in [0.05, 0.1) is 12.6 Å². The van der Waals surface area contributed by atoms with Crippen LogP contribution < -0.4 is 5.32 Å². The molecule has 4 rings (SSSR count). The Morgan fingerprint density at radius 2 is 2.04 bits per heavy atom. The van der Waals surface area contributed by atoms with Gasteiger partial charge in [0.15, 0.2) is 0 Å². The second kappa shape index (κ2) is 7.66. The van der Waals surface area contributed by atoms with Crippen molar-refractivity contribution in [3.63, 3.8) is 0 Å². The van der Waals surface area contributed by atoms with Crippen LogP contribution in [0.25, 0.3) is 0 Å². The number of rotatable bonds is 4. The molecule has 0 bridgehead atoms. The summed E-state index contributed by atoms with van der Waals surface area (Å²) < 4.78 is 0. The van der Waals surface area contributed by atoms with Crippen molar-refractivity contribution in [1.82, 2.24) is 10.2 Å². The number of fused-ring (bicyclic) bond motifs is 1. The van der Waals surface area contributed by atoms with Gasteiger partial charge in [0, 0.05) is 21.9 Å². The van der Waals surface area contributed by atoms with Crippen LogP contribution in [0.4, 0.5) is 0 Å². The van der Waals surface area contributed by atoms with E-state index in [1.165, 1.54) is 10.4 Å². The number of nitrogens with one attached hydrogen (secondary N) is 1. The summed E-state index contributed by atoms with van der Waals surface area (Å²) in [5, 5.41) is 6.92. The van der Waals surface area contributed by atoms with Crippen molar-refractivity contribution in [2.45, 2.75) is 19.4 Å². The summed E-state index contributed by atoms with van der Waals surface area (Å²) in [6.45, 7) is 2.63. The van der Waals surface area contributed by atoms with E-state index in [0.29, 0.717) is 12.1 Å². The zero-order valence-electron chi connectivity index (χ0n) is 15.0. The van der Waals surface area contributed by atoms with Gasteiger partial charge in [-0.05, 0) is 53.9 Å². The van der Waals surface area contributed by atoms with Gasteiger partial charge in [0.2, 0.25) is 5.91 Å². The number of amides is 2. The third-order valence-corrected chi connectivity index (χ3v) is 6.70. The molecule has 2 amide bonds. The Hall–Kier alpha value is -2.44. The Labute approximate surface area is 166 Å². The number of benzene rings is 1. The van der Waals surface area contributed by atoms with E-state index in [1.54, 1.807) is 28.7 Å². The van der Waals surface area contributed by atoms with Gasteiger partial charge in [-0.25, -0.2) is 0 Å². The normalized spacial score (nSPS) is 16.0. The molecule has 0 saturated heterocycles. The highest BCUT2D eigenvalue weighted by molar-refractivity contribution is 7.10. The van der Waals surface area contributed by atoms with Gasteiger partial charge < -0.3 is 10.2 Å². The maximum Gasteiger partial charge on any atom is 0.251 e. The van der Waals surface area contributed by atoms with Crippen LogP contribution in [0.5, 0.6) is 0 Å². The Balaban J connectivity index is 1.50. The first-order valence-electron chi connectivity index (χ1n) is 8.87. The zero-order chi connectivity index (χ0) is 18.8. The molecule has 4 nitrogen and oxygen atoms in total. The summed E-state index contributed by atoms with van der Waals surface area (Å²) in [6.07, 6.45) is 0.868. The van der Waals surface area contributed by atoms with Crippen LogP contribution in [0.3, 0.4) is 0 Å². The Bertz CT molecular complexity index is 962. The zero-order valence-corrected chi connectivity index (χ0v) is 16.6. The maximum absolute atomic E-state index is 13.0. The summed E-state index contributed by atoms with van der Waals surface area (Å²) in [7, 11) is 0. The third-order valence-electron chi connectivity index (χ3n) is 4.78. The van der Waals surface area contributed by atoms with Gasteiger partial charge in [0.1, 0.15) is 0 Å². The van der Waals surface area contributed by atoms with Crippen molar-refractivity contribution in [3.05, 3.63) is 79.7 Å². The van der Waals surface area contributed by atoms with Crippen LogP contribution in [0, 0.1) is 6.92 Å². The fourth-order valence-corrected chi connectivity index (χ4v) is 5.24. The number of aryl methyl sites for hydroxylation is 1. The number of thiophene rings is 2. The van der Waals surface area contributed by atoms with Crippen LogP contribution in [-0.2, 0) is 11.2 Å². The molecule has 3 heterocycles. The molecule has 6 heteroatoms. The first-order valence-corrected chi connectivity index (χ1v) is 10.6. The van der Waals surface area contributed by atoms with E-state index < -0.39 is 0 Å². The quantitative estimate of drug-likeness (QED) is 0.724. The number of hydrogen-bond acceptors (Lipinski definition) is 4. The minimum atomic E-state index is -0.215. The van der Waals surface area contributed by atoms with Gasteiger partial charge in [-0.1, -0.05) is 23.8 Å². The second-order valence-electron chi connectivity index (χ2n) is 6.61. The smallest absolute Gasteiger partial charge is 0.251 e. The molecule has 2 aromatic heterocycles. The van der Waals surface area contributed by atoms with Crippen LogP contribution in [-0.4, -0.2) is 29.8 Å².